The van der Waals surface area contributed by atoms with Crippen LogP contribution in [0.2, 0.25) is 0 Å². The van der Waals surface area contributed by atoms with Gasteiger partial charge < -0.3 is 15.8 Å². The minimum Gasteiger partial charge on any atom is -0.491 e. The van der Waals surface area contributed by atoms with Crippen LogP contribution >= 0.6 is 24.0 Å². The first-order valence-electron chi connectivity index (χ1n) is 7.74. The summed E-state index contributed by atoms with van der Waals surface area (Å²) >= 11 is 0. The Balaban J connectivity index is 0.00000338. The van der Waals surface area contributed by atoms with Crippen molar-refractivity contribution < 1.29 is 17.9 Å². The summed E-state index contributed by atoms with van der Waals surface area (Å²) in [5.41, 5.74) is 6.49. The van der Waals surface area contributed by atoms with Crippen LogP contribution in [0.3, 0.4) is 0 Å². The van der Waals surface area contributed by atoms with Crippen LogP contribution in [-0.4, -0.2) is 12.1 Å². The predicted molar refractivity (Wildman–Crippen MR) is 108 cm³/mol. The highest BCUT2D eigenvalue weighted by molar-refractivity contribution is 14.0. The fraction of sp³-hybridized carbons (Fsp3) is 0.278. The van der Waals surface area contributed by atoms with Crippen molar-refractivity contribution >= 4 is 35.6 Å². The van der Waals surface area contributed by atoms with Gasteiger partial charge in [0.2, 0.25) is 0 Å². The van der Waals surface area contributed by atoms with Gasteiger partial charge in [-0.05, 0) is 55.8 Å². The van der Waals surface area contributed by atoms with Gasteiger partial charge in [-0.25, -0.2) is 4.99 Å². The Labute approximate surface area is 167 Å². The van der Waals surface area contributed by atoms with Crippen molar-refractivity contribution in [2.24, 2.45) is 10.7 Å². The van der Waals surface area contributed by atoms with Crippen molar-refractivity contribution in [3.05, 3.63) is 59.7 Å². The minimum atomic E-state index is -4.34. The molecule has 0 aliphatic rings. The summed E-state index contributed by atoms with van der Waals surface area (Å²) < 4.78 is 43.1. The lowest BCUT2D eigenvalue weighted by atomic mass is 10.1. The number of ether oxygens (including phenoxy) is 1. The molecule has 26 heavy (non-hydrogen) atoms. The molecule has 2 aromatic carbocycles. The number of hydrogen-bond donors (Lipinski definition) is 2. The van der Waals surface area contributed by atoms with E-state index in [0.717, 1.165) is 23.6 Å². The van der Waals surface area contributed by atoms with Crippen molar-refractivity contribution in [2.45, 2.75) is 32.7 Å². The first kappa shape index (κ1) is 22.1. The SMILES string of the molecule is CC(C)Oc1ccc(NC(N)=NCc2ccc(C(F)(F)F)cc2)cc1.I. The lowest BCUT2D eigenvalue weighted by Gasteiger charge is -2.11. The number of rotatable bonds is 5. The second-order valence-electron chi connectivity index (χ2n) is 5.71. The van der Waals surface area contributed by atoms with Gasteiger partial charge in [-0.2, -0.15) is 13.2 Å². The summed E-state index contributed by atoms with van der Waals surface area (Å²) in [5.74, 6) is 0.929. The Hall–Kier alpha value is -1.97. The number of nitrogens with one attached hydrogen (secondary N) is 1. The first-order valence-corrected chi connectivity index (χ1v) is 7.74. The molecule has 0 spiro atoms. The number of alkyl halides is 3. The van der Waals surface area contributed by atoms with E-state index in [-0.39, 0.29) is 42.6 Å². The molecule has 4 nitrogen and oxygen atoms in total. The topological polar surface area (TPSA) is 59.6 Å². The lowest BCUT2D eigenvalue weighted by molar-refractivity contribution is -0.137. The summed E-state index contributed by atoms with van der Waals surface area (Å²) in [4.78, 5) is 4.12. The Bertz CT molecular complexity index is 714. The number of benzene rings is 2. The molecule has 0 aliphatic heterocycles. The highest BCUT2D eigenvalue weighted by Gasteiger charge is 2.29. The van der Waals surface area contributed by atoms with Gasteiger partial charge in [0.1, 0.15) is 5.75 Å². The summed E-state index contributed by atoms with van der Waals surface area (Å²) in [6, 6.07) is 12.1. The maximum absolute atomic E-state index is 12.5. The van der Waals surface area contributed by atoms with E-state index in [1.165, 1.54) is 12.1 Å². The number of aliphatic imine (C=N–C) groups is 1. The van der Waals surface area contributed by atoms with Gasteiger partial charge in [0.15, 0.2) is 5.96 Å². The Morgan fingerprint density at radius 3 is 2.15 bits per heavy atom. The molecule has 0 unspecified atom stereocenters. The zero-order valence-corrected chi connectivity index (χ0v) is 16.7. The van der Waals surface area contributed by atoms with E-state index in [0.29, 0.717) is 5.56 Å². The molecule has 0 heterocycles. The van der Waals surface area contributed by atoms with E-state index in [1.807, 2.05) is 26.0 Å². The van der Waals surface area contributed by atoms with E-state index in [4.69, 9.17) is 10.5 Å². The average molecular weight is 479 g/mol. The first-order chi connectivity index (χ1) is 11.7. The van der Waals surface area contributed by atoms with Crippen LogP contribution in [0, 0.1) is 0 Å². The molecular formula is C18H21F3IN3O. The number of hydrogen-bond acceptors (Lipinski definition) is 2. The van der Waals surface area contributed by atoms with Gasteiger partial charge in [-0.1, -0.05) is 12.1 Å². The van der Waals surface area contributed by atoms with Crippen molar-refractivity contribution in [1.82, 2.24) is 0 Å². The maximum atomic E-state index is 12.5. The zero-order valence-electron chi connectivity index (χ0n) is 14.4. The summed E-state index contributed by atoms with van der Waals surface area (Å²) in [5, 5.41) is 2.92. The third kappa shape index (κ3) is 7.11. The molecular weight excluding hydrogens is 458 g/mol. The predicted octanol–water partition coefficient (Wildman–Crippen LogP) is 5.04. The zero-order chi connectivity index (χ0) is 18.4. The molecule has 0 fully saturated rings. The molecule has 2 rings (SSSR count). The van der Waals surface area contributed by atoms with Crippen molar-refractivity contribution in [3.63, 3.8) is 0 Å². The second kappa shape index (κ2) is 9.65. The smallest absolute Gasteiger partial charge is 0.416 e. The van der Waals surface area contributed by atoms with Gasteiger partial charge in [0.25, 0.3) is 0 Å². The summed E-state index contributed by atoms with van der Waals surface area (Å²) in [6.07, 6.45) is -4.25. The van der Waals surface area contributed by atoms with E-state index >= 15 is 0 Å². The Morgan fingerprint density at radius 2 is 1.65 bits per heavy atom. The van der Waals surface area contributed by atoms with Crippen LogP contribution in [0.1, 0.15) is 25.0 Å². The van der Waals surface area contributed by atoms with Crippen LogP contribution in [0.4, 0.5) is 18.9 Å². The fourth-order valence-corrected chi connectivity index (χ4v) is 2.05. The average Bonchev–Trinajstić information content (AvgIpc) is 2.54. The monoisotopic (exact) mass is 479 g/mol. The van der Waals surface area contributed by atoms with Crippen molar-refractivity contribution in [2.75, 3.05) is 5.32 Å². The molecule has 142 valence electrons. The van der Waals surface area contributed by atoms with Gasteiger partial charge >= 0.3 is 6.18 Å². The van der Waals surface area contributed by atoms with Crippen LogP contribution in [-0.2, 0) is 12.7 Å². The molecule has 0 radical (unpaired) electrons. The number of nitrogens with zero attached hydrogens (tertiary/aromatic N) is 1. The molecule has 0 amide bonds. The van der Waals surface area contributed by atoms with E-state index < -0.39 is 11.7 Å². The highest BCUT2D eigenvalue weighted by Crippen LogP contribution is 2.29. The number of nitrogens with two attached hydrogens (primary N) is 1. The number of guanidine groups is 1. The van der Waals surface area contributed by atoms with Gasteiger partial charge in [-0.3, -0.25) is 0 Å². The van der Waals surface area contributed by atoms with E-state index in [1.54, 1.807) is 12.1 Å². The molecule has 0 aliphatic carbocycles. The standard InChI is InChI=1S/C18H20F3N3O.HI/c1-12(2)25-16-9-7-15(8-10-16)24-17(22)23-11-13-3-5-14(6-4-13)18(19,20)21;/h3-10,12H,11H2,1-2H3,(H3,22,23,24);1H. The highest BCUT2D eigenvalue weighted by atomic mass is 127. The molecule has 0 aromatic heterocycles. The van der Waals surface area contributed by atoms with Crippen molar-refractivity contribution in [1.29, 1.82) is 0 Å². The fourth-order valence-electron chi connectivity index (χ4n) is 2.05. The van der Waals surface area contributed by atoms with Crippen molar-refractivity contribution in [3.8, 4) is 5.75 Å². The molecule has 0 saturated heterocycles. The largest absolute Gasteiger partial charge is 0.491 e. The molecule has 0 bridgehead atoms. The number of anilines is 1. The van der Waals surface area contributed by atoms with Crippen LogP contribution in [0.15, 0.2) is 53.5 Å². The third-order valence-corrected chi connectivity index (χ3v) is 3.21. The van der Waals surface area contributed by atoms with Gasteiger partial charge in [0, 0.05) is 5.69 Å². The molecule has 2 aromatic rings. The Morgan fingerprint density at radius 1 is 1.08 bits per heavy atom. The normalized spacial score (nSPS) is 11.8. The van der Waals surface area contributed by atoms with E-state index in [2.05, 4.69) is 10.3 Å². The second-order valence-corrected chi connectivity index (χ2v) is 5.71. The molecule has 8 heteroatoms. The number of halogens is 4. The quantitative estimate of drug-likeness (QED) is 0.359. The molecule has 0 atom stereocenters. The third-order valence-electron chi connectivity index (χ3n) is 3.21. The molecule has 0 saturated carbocycles. The summed E-state index contributed by atoms with van der Waals surface area (Å²) in [7, 11) is 0. The molecule has 3 N–H and O–H groups in total. The maximum Gasteiger partial charge on any atom is 0.416 e. The van der Waals surface area contributed by atoms with E-state index in [9.17, 15) is 13.2 Å². The summed E-state index contributed by atoms with van der Waals surface area (Å²) in [6.45, 7) is 4.07. The Kier molecular flexibility index (Phi) is 8.19. The van der Waals surface area contributed by atoms with Crippen LogP contribution in [0.25, 0.3) is 0 Å². The van der Waals surface area contributed by atoms with Crippen LogP contribution < -0.4 is 15.8 Å². The lowest BCUT2D eigenvalue weighted by Crippen LogP contribution is -2.22. The van der Waals surface area contributed by atoms with Gasteiger partial charge in [-0.15, -0.1) is 24.0 Å². The van der Waals surface area contributed by atoms with Gasteiger partial charge in [0.05, 0.1) is 18.2 Å². The van der Waals surface area contributed by atoms with Crippen LogP contribution in [0.5, 0.6) is 5.75 Å². The minimum absolute atomic E-state index is 0.